The highest BCUT2D eigenvalue weighted by molar-refractivity contribution is 5.53. The summed E-state index contributed by atoms with van der Waals surface area (Å²) in [5.41, 5.74) is 8.48. The first-order valence-electron chi connectivity index (χ1n) is 12.7. The first-order chi connectivity index (χ1) is 15.7. The lowest BCUT2D eigenvalue weighted by Gasteiger charge is -2.32. The summed E-state index contributed by atoms with van der Waals surface area (Å²) >= 11 is 0. The molecule has 0 aliphatic heterocycles. The third kappa shape index (κ3) is 6.02. The molecule has 0 spiro atoms. The number of alkyl halides is 1. The number of rotatable bonds is 8. The quantitative estimate of drug-likeness (QED) is 0.200. The highest BCUT2D eigenvalue weighted by Crippen LogP contribution is 2.46. The van der Waals surface area contributed by atoms with Gasteiger partial charge >= 0.3 is 0 Å². The Morgan fingerprint density at radius 3 is 2.48 bits per heavy atom. The Hall–Kier alpha value is -2.22. The third-order valence-electron chi connectivity index (χ3n) is 7.80. The highest BCUT2D eigenvalue weighted by Gasteiger charge is 2.37. The number of hydrogen-bond acceptors (Lipinski definition) is 1. The molecule has 3 rings (SSSR count). The monoisotopic (exact) mass is 447 g/mol. The van der Waals surface area contributed by atoms with Crippen molar-refractivity contribution in [3.63, 3.8) is 0 Å². The third-order valence-corrected chi connectivity index (χ3v) is 7.80. The maximum atomic E-state index is 15.8. The molecule has 1 nitrogen and oxygen atoms in total. The van der Waals surface area contributed by atoms with E-state index < -0.39 is 5.67 Å². The molecule has 0 bridgehead atoms. The van der Waals surface area contributed by atoms with Crippen molar-refractivity contribution >= 4 is 6.72 Å². The van der Waals surface area contributed by atoms with E-state index in [-0.39, 0.29) is 5.92 Å². The first kappa shape index (κ1) is 25.4. The predicted molar refractivity (Wildman–Crippen MR) is 142 cm³/mol. The van der Waals surface area contributed by atoms with Gasteiger partial charge in [0.2, 0.25) is 0 Å². The van der Waals surface area contributed by atoms with Gasteiger partial charge in [-0.3, -0.25) is 4.99 Å². The van der Waals surface area contributed by atoms with E-state index in [1.807, 2.05) is 0 Å². The molecule has 0 heterocycles. The molecule has 3 aliphatic carbocycles. The van der Waals surface area contributed by atoms with Gasteiger partial charge in [-0.25, -0.2) is 4.39 Å². The molecule has 2 unspecified atom stereocenters. The van der Waals surface area contributed by atoms with Crippen LogP contribution in [0, 0.1) is 11.8 Å². The van der Waals surface area contributed by atoms with Crippen molar-refractivity contribution < 1.29 is 4.39 Å². The largest absolute Gasteiger partial charge is 0.265 e. The summed E-state index contributed by atoms with van der Waals surface area (Å²) in [6, 6.07) is 0. The van der Waals surface area contributed by atoms with E-state index in [4.69, 9.17) is 0 Å². The Labute approximate surface area is 201 Å². The lowest BCUT2D eigenvalue weighted by atomic mass is 9.78. The van der Waals surface area contributed by atoms with Crippen molar-refractivity contribution in [1.29, 1.82) is 0 Å². The number of hydrogen-bond donors (Lipinski definition) is 0. The van der Waals surface area contributed by atoms with Crippen LogP contribution in [0.3, 0.4) is 0 Å². The lowest BCUT2D eigenvalue weighted by Crippen LogP contribution is -2.28. The van der Waals surface area contributed by atoms with Crippen LogP contribution in [-0.4, -0.2) is 12.4 Å². The second kappa shape index (κ2) is 10.8. The fourth-order valence-electron chi connectivity index (χ4n) is 5.86. The second-order valence-electron chi connectivity index (χ2n) is 10.5. The van der Waals surface area contributed by atoms with E-state index in [1.54, 1.807) is 0 Å². The molecule has 1 fully saturated rings. The molecule has 0 aromatic carbocycles. The average molecular weight is 448 g/mol. The molecular weight excluding hydrogens is 405 g/mol. The van der Waals surface area contributed by atoms with E-state index in [0.29, 0.717) is 25.2 Å². The van der Waals surface area contributed by atoms with Crippen LogP contribution in [0.4, 0.5) is 4.39 Å². The first-order valence-corrected chi connectivity index (χ1v) is 12.7. The van der Waals surface area contributed by atoms with E-state index in [9.17, 15) is 0 Å². The van der Waals surface area contributed by atoms with Gasteiger partial charge in [-0.1, -0.05) is 79.9 Å². The highest BCUT2D eigenvalue weighted by atomic mass is 19.1. The number of nitrogens with zero attached hydrogens (tertiary/aromatic N) is 1. The second-order valence-corrected chi connectivity index (χ2v) is 10.5. The van der Waals surface area contributed by atoms with E-state index >= 15 is 4.39 Å². The Morgan fingerprint density at radius 2 is 1.91 bits per heavy atom. The predicted octanol–water partition coefficient (Wildman–Crippen LogP) is 9.33. The van der Waals surface area contributed by atoms with Gasteiger partial charge in [0.1, 0.15) is 5.67 Å². The van der Waals surface area contributed by atoms with Gasteiger partial charge in [0.05, 0.1) is 5.70 Å². The van der Waals surface area contributed by atoms with Crippen molar-refractivity contribution in [3.05, 3.63) is 82.2 Å². The molecular formula is C31H42FN. The van der Waals surface area contributed by atoms with Crippen LogP contribution in [0.5, 0.6) is 0 Å². The lowest BCUT2D eigenvalue weighted by molar-refractivity contribution is 0.0878. The minimum absolute atomic E-state index is 0.143. The zero-order valence-corrected chi connectivity index (χ0v) is 21.3. The maximum absolute atomic E-state index is 15.8. The van der Waals surface area contributed by atoms with Gasteiger partial charge in [-0.15, -0.1) is 0 Å². The molecule has 178 valence electrons. The Balaban J connectivity index is 1.91. The van der Waals surface area contributed by atoms with Gasteiger partial charge in [-0.05, 0) is 88.8 Å². The zero-order valence-electron chi connectivity index (χ0n) is 21.3. The van der Waals surface area contributed by atoms with Crippen LogP contribution in [0.25, 0.3) is 0 Å². The fraction of sp³-hybridized carbons (Fsp3) is 0.516. The van der Waals surface area contributed by atoms with Gasteiger partial charge < -0.3 is 0 Å². The van der Waals surface area contributed by atoms with Crippen LogP contribution < -0.4 is 0 Å². The minimum Gasteiger partial charge on any atom is -0.265 e. The molecule has 1 saturated carbocycles. The average Bonchev–Trinajstić information content (AvgIpc) is 3.15. The normalized spacial score (nSPS) is 26.8. The van der Waals surface area contributed by atoms with E-state index in [1.165, 1.54) is 27.9 Å². The topological polar surface area (TPSA) is 12.4 Å². The summed E-state index contributed by atoms with van der Waals surface area (Å²) in [5, 5.41) is 0. The van der Waals surface area contributed by atoms with E-state index in [2.05, 4.69) is 76.9 Å². The van der Waals surface area contributed by atoms with Crippen molar-refractivity contribution in [2.24, 2.45) is 16.8 Å². The molecule has 3 aliphatic rings. The van der Waals surface area contributed by atoms with Crippen molar-refractivity contribution in [2.45, 2.75) is 91.2 Å². The van der Waals surface area contributed by atoms with Gasteiger partial charge in [0, 0.05) is 11.8 Å². The summed E-state index contributed by atoms with van der Waals surface area (Å²) in [6.45, 7) is 20.9. The van der Waals surface area contributed by atoms with Crippen LogP contribution >= 0.6 is 0 Å². The molecule has 2 heteroatoms. The molecule has 0 radical (unpaired) electrons. The van der Waals surface area contributed by atoms with Crippen LogP contribution in [-0.2, 0) is 0 Å². The smallest absolute Gasteiger partial charge is 0.112 e. The van der Waals surface area contributed by atoms with Gasteiger partial charge in [-0.2, -0.15) is 0 Å². The fourth-order valence-corrected chi connectivity index (χ4v) is 5.86. The molecule has 2 atom stereocenters. The van der Waals surface area contributed by atoms with Crippen LogP contribution in [0.1, 0.15) is 85.5 Å². The van der Waals surface area contributed by atoms with Crippen molar-refractivity contribution in [2.75, 3.05) is 0 Å². The van der Waals surface area contributed by atoms with Crippen molar-refractivity contribution in [1.82, 2.24) is 0 Å². The summed E-state index contributed by atoms with van der Waals surface area (Å²) < 4.78 is 15.8. The zero-order chi connectivity index (χ0) is 24.2. The number of aliphatic imine (C=N–C) groups is 1. The maximum Gasteiger partial charge on any atom is 0.112 e. The summed E-state index contributed by atoms with van der Waals surface area (Å²) in [7, 11) is 0. The van der Waals surface area contributed by atoms with Gasteiger partial charge in [0.25, 0.3) is 0 Å². The van der Waals surface area contributed by atoms with E-state index in [0.717, 1.165) is 55.4 Å². The van der Waals surface area contributed by atoms with Crippen LogP contribution in [0.15, 0.2) is 87.2 Å². The molecule has 33 heavy (non-hydrogen) atoms. The Kier molecular flexibility index (Phi) is 8.32. The SMILES string of the molecule is C=NC1=C(C)CC(C2=CC(CC3(F)CCCCC3)/C(=C/C(=C)/C(C(=C)C)=C(\C)CC)C2)C=C1. The minimum atomic E-state index is -1.04. The summed E-state index contributed by atoms with van der Waals surface area (Å²) in [5.74, 6) is 0.498. The molecule has 0 aromatic rings. The number of allylic oxidation sites excluding steroid dienone is 11. The molecule has 0 amide bonds. The van der Waals surface area contributed by atoms with Crippen molar-refractivity contribution in [3.8, 4) is 0 Å². The molecule has 0 N–H and O–H groups in total. The van der Waals surface area contributed by atoms with Crippen LogP contribution in [0.2, 0.25) is 0 Å². The molecule has 0 aromatic heterocycles. The summed E-state index contributed by atoms with van der Waals surface area (Å²) in [4.78, 5) is 4.14. The standard InChI is InChI=1S/C31H42FN/c1-8-22(4)30(21(2)3)24(6)17-26-18-27(25-12-13-29(33-7)23(5)16-25)19-28(26)20-31(32)14-10-9-11-15-31/h12-13,17,19,25,28H,2,6-11,14-16,18,20H2,1,3-5H3/b26-17+,30-22+. The van der Waals surface area contributed by atoms with Gasteiger partial charge in [0.15, 0.2) is 0 Å². The Morgan fingerprint density at radius 1 is 1.21 bits per heavy atom. The Bertz CT molecular complexity index is 959. The summed E-state index contributed by atoms with van der Waals surface area (Å²) in [6.07, 6.45) is 17.0. The number of halogens is 1. The molecule has 0 saturated heterocycles.